The zero-order chi connectivity index (χ0) is 14.7. The average molecular weight is 279 g/mol. The van der Waals surface area contributed by atoms with Crippen LogP contribution in [-0.4, -0.2) is 12.2 Å². The Morgan fingerprint density at radius 1 is 1.10 bits per heavy atom. The molecule has 0 bridgehead atoms. The third-order valence-corrected chi connectivity index (χ3v) is 3.01. The van der Waals surface area contributed by atoms with Gasteiger partial charge in [-0.05, 0) is 36.8 Å². The summed E-state index contributed by atoms with van der Waals surface area (Å²) in [5.74, 6) is -1.37. The SMILES string of the molecule is COc1ccc(NC(C)c2ccc(F)c(F)c2)cc1O. The summed E-state index contributed by atoms with van der Waals surface area (Å²) in [4.78, 5) is 0. The Morgan fingerprint density at radius 3 is 2.45 bits per heavy atom. The Balaban J connectivity index is 2.16. The van der Waals surface area contributed by atoms with Gasteiger partial charge in [0.2, 0.25) is 0 Å². The van der Waals surface area contributed by atoms with Crippen molar-refractivity contribution in [2.75, 3.05) is 12.4 Å². The van der Waals surface area contributed by atoms with Gasteiger partial charge in [-0.1, -0.05) is 6.07 Å². The summed E-state index contributed by atoms with van der Waals surface area (Å²) in [5.41, 5.74) is 1.26. The Labute approximate surface area is 115 Å². The first-order chi connectivity index (χ1) is 9.51. The summed E-state index contributed by atoms with van der Waals surface area (Å²) in [5, 5.41) is 12.8. The van der Waals surface area contributed by atoms with Crippen molar-refractivity contribution in [3.05, 3.63) is 53.6 Å². The van der Waals surface area contributed by atoms with Crippen molar-refractivity contribution < 1.29 is 18.6 Å². The first kappa shape index (κ1) is 14.1. The number of rotatable bonds is 4. The minimum atomic E-state index is -0.881. The quantitative estimate of drug-likeness (QED) is 0.893. The van der Waals surface area contributed by atoms with E-state index >= 15 is 0 Å². The summed E-state index contributed by atoms with van der Waals surface area (Å²) >= 11 is 0. The molecule has 2 aromatic rings. The lowest BCUT2D eigenvalue weighted by molar-refractivity contribution is 0.373. The van der Waals surface area contributed by atoms with Crippen LogP contribution in [0.25, 0.3) is 0 Å². The number of nitrogens with one attached hydrogen (secondary N) is 1. The van der Waals surface area contributed by atoms with E-state index in [2.05, 4.69) is 5.32 Å². The molecule has 3 nitrogen and oxygen atoms in total. The molecule has 0 fully saturated rings. The van der Waals surface area contributed by atoms with E-state index in [0.29, 0.717) is 17.0 Å². The van der Waals surface area contributed by atoms with Crippen LogP contribution >= 0.6 is 0 Å². The normalized spacial score (nSPS) is 12.0. The molecule has 20 heavy (non-hydrogen) atoms. The van der Waals surface area contributed by atoms with Crippen molar-refractivity contribution in [3.8, 4) is 11.5 Å². The smallest absolute Gasteiger partial charge is 0.160 e. The van der Waals surface area contributed by atoms with Crippen LogP contribution in [0.4, 0.5) is 14.5 Å². The van der Waals surface area contributed by atoms with Crippen LogP contribution in [0.5, 0.6) is 11.5 Å². The van der Waals surface area contributed by atoms with E-state index in [-0.39, 0.29) is 11.8 Å². The third-order valence-electron chi connectivity index (χ3n) is 3.01. The monoisotopic (exact) mass is 279 g/mol. The molecule has 2 rings (SSSR count). The van der Waals surface area contributed by atoms with Crippen molar-refractivity contribution in [2.45, 2.75) is 13.0 Å². The number of aromatic hydroxyl groups is 1. The molecular weight excluding hydrogens is 264 g/mol. The van der Waals surface area contributed by atoms with Crippen LogP contribution in [0.3, 0.4) is 0 Å². The number of phenolic OH excluding ortho intramolecular Hbond substituents is 1. The second-order valence-corrected chi connectivity index (χ2v) is 4.43. The lowest BCUT2D eigenvalue weighted by atomic mass is 10.1. The van der Waals surface area contributed by atoms with Gasteiger partial charge in [-0.2, -0.15) is 0 Å². The van der Waals surface area contributed by atoms with Crippen LogP contribution in [0, 0.1) is 11.6 Å². The fraction of sp³-hybridized carbons (Fsp3) is 0.200. The van der Waals surface area contributed by atoms with Crippen molar-refractivity contribution in [1.29, 1.82) is 0 Å². The molecule has 1 atom stereocenters. The maximum Gasteiger partial charge on any atom is 0.160 e. The van der Waals surface area contributed by atoms with E-state index in [4.69, 9.17) is 4.74 Å². The minimum Gasteiger partial charge on any atom is -0.504 e. The van der Waals surface area contributed by atoms with E-state index in [1.807, 2.05) is 6.92 Å². The van der Waals surface area contributed by atoms with Gasteiger partial charge in [-0.3, -0.25) is 0 Å². The van der Waals surface area contributed by atoms with Gasteiger partial charge in [-0.25, -0.2) is 8.78 Å². The lowest BCUT2D eigenvalue weighted by Gasteiger charge is -2.16. The predicted molar refractivity (Wildman–Crippen MR) is 73.1 cm³/mol. The molecule has 0 aliphatic carbocycles. The summed E-state index contributed by atoms with van der Waals surface area (Å²) in [6.07, 6.45) is 0. The van der Waals surface area contributed by atoms with Gasteiger partial charge in [0.05, 0.1) is 7.11 Å². The largest absolute Gasteiger partial charge is 0.504 e. The summed E-state index contributed by atoms with van der Waals surface area (Å²) in [6.45, 7) is 1.81. The van der Waals surface area contributed by atoms with Gasteiger partial charge in [0.25, 0.3) is 0 Å². The van der Waals surface area contributed by atoms with E-state index in [1.165, 1.54) is 19.2 Å². The molecule has 0 amide bonds. The number of anilines is 1. The zero-order valence-corrected chi connectivity index (χ0v) is 11.2. The molecule has 0 aromatic heterocycles. The molecule has 1 unspecified atom stereocenters. The number of benzene rings is 2. The highest BCUT2D eigenvalue weighted by Gasteiger charge is 2.10. The molecule has 0 heterocycles. The van der Waals surface area contributed by atoms with Crippen LogP contribution in [0.1, 0.15) is 18.5 Å². The Bertz CT molecular complexity index is 617. The summed E-state index contributed by atoms with van der Waals surface area (Å²) in [6, 6.07) is 8.38. The first-order valence-corrected chi connectivity index (χ1v) is 6.09. The van der Waals surface area contributed by atoms with Crippen molar-refractivity contribution in [3.63, 3.8) is 0 Å². The van der Waals surface area contributed by atoms with Crippen LogP contribution in [-0.2, 0) is 0 Å². The summed E-state index contributed by atoms with van der Waals surface area (Å²) < 4.78 is 31.0. The molecule has 0 aliphatic rings. The lowest BCUT2D eigenvalue weighted by Crippen LogP contribution is -2.07. The van der Waals surface area contributed by atoms with Crippen molar-refractivity contribution in [2.24, 2.45) is 0 Å². The molecule has 0 radical (unpaired) electrons. The second-order valence-electron chi connectivity index (χ2n) is 4.43. The number of methoxy groups -OCH3 is 1. The van der Waals surface area contributed by atoms with E-state index in [1.54, 1.807) is 12.1 Å². The maximum absolute atomic E-state index is 13.2. The van der Waals surface area contributed by atoms with Crippen LogP contribution < -0.4 is 10.1 Å². The fourth-order valence-electron chi connectivity index (χ4n) is 1.89. The number of hydrogen-bond acceptors (Lipinski definition) is 3. The highest BCUT2D eigenvalue weighted by Crippen LogP contribution is 2.30. The Hall–Kier alpha value is -2.30. The molecular formula is C15H15F2NO2. The van der Waals surface area contributed by atoms with Crippen molar-refractivity contribution in [1.82, 2.24) is 0 Å². The molecule has 106 valence electrons. The molecule has 2 N–H and O–H groups in total. The highest BCUT2D eigenvalue weighted by atomic mass is 19.2. The first-order valence-electron chi connectivity index (χ1n) is 6.09. The van der Waals surface area contributed by atoms with Gasteiger partial charge < -0.3 is 15.2 Å². The number of halogens is 2. The van der Waals surface area contributed by atoms with Crippen molar-refractivity contribution >= 4 is 5.69 Å². The average Bonchev–Trinajstić information content (AvgIpc) is 2.42. The molecule has 0 aliphatic heterocycles. The van der Waals surface area contributed by atoms with Gasteiger partial charge >= 0.3 is 0 Å². The van der Waals surface area contributed by atoms with Gasteiger partial charge in [-0.15, -0.1) is 0 Å². The molecule has 2 aromatic carbocycles. The van der Waals surface area contributed by atoms with Gasteiger partial charge in [0, 0.05) is 17.8 Å². The van der Waals surface area contributed by atoms with E-state index < -0.39 is 11.6 Å². The zero-order valence-electron chi connectivity index (χ0n) is 11.2. The van der Waals surface area contributed by atoms with Crippen LogP contribution in [0.15, 0.2) is 36.4 Å². The standard InChI is InChI=1S/C15H15F2NO2/c1-9(10-3-5-12(16)13(17)7-10)18-11-4-6-15(20-2)14(19)8-11/h3-9,18-19H,1-2H3. The number of phenols is 1. The third kappa shape index (κ3) is 2.99. The van der Waals surface area contributed by atoms with E-state index in [0.717, 1.165) is 12.1 Å². The Kier molecular flexibility index (Phi) is 4.08. The molecule has 0 spiro atoms. The molecule has 0 saturated heterocycles. The van der Waals surface area contributed by atoms with Gasteiger partial charge in [0.1, 0.15) is 0 Å². The Morgan fingerprint density at radius 2 is 1.85 bits per heavy atom. The topological polar surface area (TPSA) is 41.5 Å². The maximum atomic E-state index is 13.2. The fourth-order valence-corrected chi connectivity index (χ4v) is 1.89. The summed E-state index contributed by atoms with van der Waals surface area (Å²) in [7, 11) is 1.46. The van der Waals surface area contributed by atoms with Gasteiger partial charge in [0.15, 0.2) is 23.1 Å². The molecule has 0 saturated carbocycles. The molecule has 5 heteroatoms. The minimum absolute atomic E-state index is 0.00925. The number of ether oxygens (including phenoxy) is 1. The predicted octanol–water partition coefficient (Wildman–Crippen LogP) is 3.85. The van der Waals surface area contributed by atoms with Crippen LogP contribution in [0.2, 0.25) is 0 Å². The second kappa shape index (κ2) is 5.77. The highest BCUT2D eigenvalue weighted by molar-refractivity contribution is 5.55. The van der Waals surface area contributed by atoms with E-state index in [9.17, 15) is 13.9 Å². The number of hydrogen-bond donors (Lipinski definition) is 2.